The highest BCUT2D eigenvalue weighted by Gasteiger charge is 2.07. The quantitative estimate of drug-likeness (QED) is 0.396. The standard InChI is InChI=1S/C10H7F2NO2/c1-15-10(14)3-2-7-8(11)4-6(13)5-9(7)12/h4-5H,13H2,1H3. The maximum Gasteiger partial charge on any atom is 0.384 e. The van der Waals surface area contributed by atoms with Gasteiger partial charge in [0.25, 0.3) is 0 Å². The van der Waals surface area contributed by atoms with Gasteiger partial charge in [-0.1, -0.05) is 0 Å². The van der Waals surface area contributed by atoms with Gasteiger partial charge >= 0.3 is 5.97 Å². The number of anilines is 1. The number of nitrogen functional groups attached to an aromatic ring is 1. The van der Waals surface area contributed by atoms with Crippen molar-refractivity contribution in [1.29, 1.82) is 0 Å². The molecule has 0 unspecified atom stereocenters. The molecule has 0 aliphatic carbocycles. The Labute approximate surface area is 84.8 Å². The monoisotopic (exact) mass is 211 g/mol. The Morgan fingerprint density at radius 1 is 1.40 bits per heavy atom. The molecule has 1 aromatic carbocycles. The first-order valence-electron chi connectivity index (χ1n) is 3.89. The molecule has 0 saturated carbocycles. The van der Waals surface area contributed by atoms with Crippen molar-refractivity contribution in [2.75, 3.05) is 12.8 Å². The van der Waals surface area contributed by atoms with Crippen molar-refractivity contribution in [3.8, 4) is 11.8 Å². The molecule has 0 heterocycles. The summed E-state index contributed by atoms with van der Waals surface area (Å²) in [5.74, 6) is 1.25. The van der Waals surface area contributed by atoms with Gasteiger partial charge in [-0.05, 0) is 18.1 Å². The first-order chi connectivity index (χ1) is 7.04. The minimum absolute atomic E-state index is 0.0476. The lowest BCUT2D eigenvalue weighted by atomic mass is 10.2. The number of hydrogen-bond donors (Lipinski definition) is 1. The smallest absolute Gasteiger partial charge is 0.384 e. The Hall–Kier alpha value is -2.09. The van der Waals surface area contributed by atoms with Gasteiger partial charge < -0.3 is 10.5 Å². The van der Waals surface area contributed by atoms with E-state index in [2.05, 4.69) is 4.74 Å². The van der Waals surface area contributed by atoms with E-state index < -0.39 is 23.2 Å². The van der Waals surface area contributed by atoms with Gasteiger partial charge in [0.2, 0.25) is 0 Å². The number of esters is 1. The lowest BCUT2D eigenvalue weighted by molar-refractivity contribution is -0.133. The number of carbonyl (C=O) groups is 1. The van der Waals surface area contributed by atoms with E-state index >= 15 is 0 Å². The third-order valence-corrected chi connectivity index (χ3v) is 1.54. The largest absolute Gasteiger partial charge is 0.459 e. The van der Waals surface area contributed by atoms with Gasteiger partial charge in [-0.2, -0.15) is 0 Å². The topological polar surface area (TPSA) is 52.3 Å². The van der Waals surface area contributed by atoms with Gasteiger partial charge in [0, 0.05) is 11.6 Å². The molecule has 0 fully saturated rings. The second-order valence-corrected chi connectivity index (χ2v) is 2.60. The second-order valence-electron chi connectivity index (χ2n) is 2.60. The number of hydrogen-bond acceptors (Lipinski definition) is 3. The van der Waals surface area contributed by atoms with Gasteiger partial charge in [-0.25, -0.2) is 13.6 Å². The van der Waals surface area contributed by atoms with Crippen LogP contribution >= 0.6 is 0 Å². The Morgan fingerprint density at radius 2 is 1.93 bits per heavy atom. The lowest BCUT2D eigenvalue weighted by Crippen LogP contribution is -1.97. The van der Waals surface area contributed by atoms with Crippen LogP contribution in [0.1, 0.15) is 5.56 Å². The Bertz CT molecular complexity index is 437. The predicted molar refractivity (Wildman–Crippen MR) is 49.7 cm³/mol. The molecule has 3 nitrogen and oxygen atoms in total. The Kier molecular flexibility index (Phi) is 3.24. The van der Waals surface area contributed by atoms with Crippen molar-refractivity contribution in [1.82, 2.24) is 0 Å². The van der Waals surface area contributed by atoms with Gasteiger partial charge in [-0.3, -0.25) is 0 Å². The van der Waals surface area contributed by atoms with Crippen molar-refractivity contribution in [2.45, 2.75) is 0 Å². The van der Waals surface area contributed by atoms with Crippen LogP contribution in [0.2, 0.25) is 0 Å². The summed E-state index contributed by atoms with van der Waals surface area (Å²) in [6.07, 6.45) is 0. The van der Waals surface area contributed by atoms with E-state index in [0.717, 1.165) is 19.2 Å². The van der Waals surface area contributed by atoms with Crippen LogP contribution in [-0.4, -0.2) is 13.1 Å². The maximum absolute atomic E-state index is 13.1. The number of ether oxygens (including phenoxy) is 1. The maximum atomic E-state index is 13.1. The lowest BCUT2D eigenvalue weighted by Gasteiger charge is -1.98. The second kappa shape index (κ2) is 4.42. The Morgan fingerprint density at radius 3 is 2.40 bits per heavy atom. The Balaban J connectivity index is 3.14. The minimum Gasteiger partial charge on any atom is -0.459 e. The molecular formula is C10H7F2NO2. The van der Waals surface area contributed by atoms with Crippen molar-refractivity contribution < 1.29 is 18.3 Å². The molecule has 5 heteroatoms. The SMILES string of the molecule is COC(=O)C#Cc1c(F)cc(N)cc1F. The van der Waals surface area contributed by atoms with E-state index in [9.17, 15) is 13.6 Å². The van der Waals surface area contributed by atoms with E-state index in [1.54, 1.807) is 0 Å². The molecule has 0 bridgehead atoms. The minimum atomic E-state index is -0.913. The molecule has 0 aliphatic heterocycles. The third-order valence-electron chi connectivity index (χ3n) is 1.54. The number of halogens is 2. The molecule has 0 amide bonds. The van der Waals surface area contributed by atoms with E-state index in [0.29, 0.717) is 0 Å². The molecule has 1 rings (SSSR count). The molecule has 0 atom stereocenters. The van der Waals surface area contributed by atoms with Gasteiger partial charge in [0.1, 0.15) is 11.6 Å². The average molecular weight is 211 g/mol. The number of rotatable bonds is 0. The zero-order valence-electron chi connectivity index (χ0n) is 7.80. The summed E-state index contributed by atoms with van der Waals surface area (Å²) in [5, 5.41) is 0. The molecular weight excluding hydrogens is 204 g/mol. The van der Waals surface area contributed by atoms with Crippen LogP contribution in [0.4, 0.5) is 14.5 Å². The van der Waals surface area contributed by atoms with Crippen LogP contribution in [0.5, 0.6) is 0 Å². The fourth-order valence-corrected chi connectivity index (χ4v) is 0.877. The number of carbonyl (C=O) groups excluding carboxylic acids is 1. The summed E-state index contributed by atoms with van der Waals surface area (Å²) >= 11 is 0. The summed E-state index contributed by atoms with van der Waals surface area (Å²) in [6.45, 7) is 0. The van der Waals surface area contributed by atoms with Crippen LogP contribution in [0.25, 0.3) is 0 Å². The molecule has 0 aliphatic rings. The van der Waals surface area contributed by atoms with Gasteiger partial charge in [0.05, 0.1) is 12.7 Å². The number of benzene rings is 1. The normalized spacial score (nSPS) is 9.00. The zero-order valence-corrected chi connectivity index (χ0v) is 7.80. The molecule has 0 aromatic heterocycles. The molecule has 2 N–H and O–H groups in total. The highest BCUT2D eigenvalue weighted by Crippen LogP contribution is 2.15. The van der Waals surface area contributed by atoms with Crippen LogP contribution < -0.4 is 5.73 Å². The van der Waals surface area contributed by atoms with Crippen molar-refractivity contribution in [3.05, 3.63) is 29.3 Å². The summed E-state index contributed by atoms with van der Waals surface area (Å²) in [4.78, 5) is 10.6. The molecule has 78 valence electrons. The average Bonchev–Trinajstić information content (AvgIpc) is 2.15. The predicted octanol–water partition coefficient (Wildman–Crippen LogP) is 1.07. The molecule has 0 saturated heterocycles. The highest BCUT2D eigenvalue weighted by molar-refractivity contribution is 5.89. The van der Waals surface area contributed by atoms with Crippen LogP contribution in [-0.2, 0) is 9.53 Å². The highest BCUT2D eigenvalue weighted by atomic mass is 19.1. The summed E-state index contributed by atoms with van der Waals surface area (Å²) in [5.41, 5.74) is 4.64. The van der Waals surface area contributed by atoms with Crippen molar-refractivity contribution >= 4 is 11.7 Å². The fraction of sp³-hybridized carbons (Fsp3) is 0.100. The zero-order chi connectivity index (χ0) is 11.4. The first kappa shape index (κ1) is 11.0. The van der Waals surface area contributed by atoms with Crippen molar-refractivity contribution in [2.24, 2.45) is 0 Å². The molecule has 15 heavy (non-hydrogen) atoms. The van der Waals surface area contributed by atoms with Gasteiger partial charge in [-0.15, -0.1) is 0 Å². The number of methoxy groups -OCH3 is 1. The summed E-state index contributed by atoms with van der Waals surface area (Å²) in [6, 6.07) is 1.84. The van der Waals surface area contributed by atoms with Crippen LogP contribution in [0.3, 0.4) is 0 Å². The number of nitrogens with two attached hydrogens (primary N) is 1. The van der Waals surface area contributed by atoms with E-state index in [1.807, 2.05) is 11.8 Å². The van der Waals surface area contributed by atoms with Crippen molar-refractivity contribution in [3.63, 3.8) is 0 Å². The summed E-state index contributed by atoms with van der Waals surface area (Å²) < 4.78 is 30.4. The molecule has 0 radical (unpaired) electrons. The summed E-state index contributed by atoms with van der Waals surface area (Å²) in [7, 11) is 1.12. The van der Waals surface area contributed by atoms with E-state index in [4.69, 9.17) is 5.73 Å². The fourth-order valence-electron chi connectivity index (χ4n) is 0.877. The van der Waals surface area contributed by atoms with Crippen LogP contribution in [0.15, 0.2) is 12.1 Å². The first-order valence-corrected chi connectivity index (χ1v) is 3.89. The van der Waals surface area contributed by atoms with Gasteiger partial charge in [0.15, 0.2) is 0 Å². The third kappa shape index (κ3) is 2.68. The molecule has 1 aromatic rings. The van der Waals surface area contributed by atoms with E-state index in [-0.39, 0.29) is 5.69 Å². The van der Waals surface area contributed by atoms with E-state index in [1.165, 1.54) is 0 Å². The van der Waals surface area contributed by atoms with Crippen LogP contribution in [0, 0.1) is 23.5 Å². The molecule has 0 spiro atoms.